The zero-order chi connectivity index (χ0) is 13.5. The summed E-state index contributed by atoms with van der Waals surface area (Å²) in [6.07, 6.45) is 0. The molecule has 0 aliphatic carbocycles. The van der Waals surface area contributed by atoms with Crippen LogP contribution in [-0.4, -0.2) is 24.7 Å². The topological polar surface area (TPSA) is 62.4 Å². The fourth-order valence-corrected chi connectivity index (χ4v) is 1.28. The number of thiocarbonyl (C=S) groups is 1. The van der Waals surface area contributed by atoms with Crippen LogP contribution in [0.1, 0.15) is 0 Å². The van der Waals surface area contributed by atoms with Crippen LogP contribution in [0.2, 0.25) is 10.0 Å². The molecule has 8 heteroatoms. The molecule has 0 aromatic heterocycles. The van der Waals surface area contributed by atoms with E-state index in [1.54, 1.807) is 19.2 Å². The minimum absolute atomic E-state index is 0.169. The number of amides is 1. The summed E-state index contributed by atoms with van der Waals surface area (Å²) in [6.45, 7) is -0.169. The summed E-state index contributed by atoms with van der Waals surface area (Å²) < 4.78 is 5.21. The van der Waals surface area contributed by atoms with E-state index in [-0.39, 0.29) is 12.5 Å². The molecule has 0 unspecified atom stereocenters. The van der Waals surface area contributed by atoms with Gasteiger partial charge in [0.1, 0.15) is 5.75 Å². The highest BCUT2D eigenvalue weighted by atomic mass is 35.5. The number of rotatable bonds is 3. The Labute approximate surface area is 120 Å². The number of hydrazine groups is 1. The fraction of sp³-hybridized carbons (Fsp3) is 0.200. The summed E-state index contributed by atoms with van der Waals surface area (Å²) in [5.74, 6) is 0.0782. The van der Waals surface area contributed by atoms with Crippen molar-refractivity contribution in [3.05, 3.63) is 28.2 Å². The SMILES string of the molecule is CNC(=S)NNC(=O)COc1ccc(Cl)c(Cl)c1. The predicted octanol–water partition coefficient (Wildman–Crippen LogP) is 1.50. The van der Waals surface area contributed by atoms with Crippen LogP contribution in [0, 0.1) is 0 Å². The van der Waals surface area contributed by atoms with Crippen LogP contribution < -0.4 is 20.9 Å². The van der Waals surface area contributed by atoms with Gasteiger partial charge in [-0.25, -0.2) is 0 Å². The first-order valence-electron chi connectivity index (χ1n) is 4.87. The van der Waals surface area contributed by atoms with Crippen molar-refractivity contribution < 1.29 is 9.53 Å². The Morgan fingerprint density at radius 2 is 2.06 bits per heavy atom. The number of carbonyl (C=O) groups excluding carboxylic acids is 1. The van der Waals surface area contributed by atoms with Crippen LogP contribution >= 0.6 is 35.4 Å². The smallest absolute Gasteiger partial charge is 0.276 e. The van der Waals surface area contributed by atoms with Crippen molar-refractivity contribution in [3.8, 4) is 5.75 Å². The Morgan fingerprint density at radius 3 is 2.67 bits per heavy atom. The minimum Gasteiger partial charge on any atom is -0.484 e. The van der Waals surface area contributed by atoms with Crippen LogP contribution in [0.15, 0.2) is 18.2 Å². The highest BCUT2D eigenvalue weighted by molar-refractivity contribution is 7.80. The normalized spacial score (nSPS) is 9.50. The number of carbonyl (C=O) groups is 1. The van der Waals surface area contributed by atoms with Gasteiger partial charge in [0.25, 0.3) is 5.91 Å². The highest BCUT2D eigenvalue weighted by Crippen LogP contribution is 2.26. The lowest BCUT2D eigenvalue weighted by molar-refractivity contribution is -0.123. The number of hydrogen-bond acceptors (Lipinski definition) is 3. The Bertz CT molecular complexity index is 457. The van der Waals surface area contributed by atoms with Crippen molar-refractivity contribution in [1.29, 1.82) is 0 Å². The minimum atomic E-state index is -0.376. The van der Waals surface area contributed by atoms with E-state index >= 15 is 0 Å². The van der Waals surface area contributed by atoms with Gasteiger partial charge >= 0.3 is 0 Å². The molecule has 18 heavy (non-hydrogen) atoms. The molecule has 3 N–H and O–H groups in total. The molecular weight excluding hydrogens is 297 g/mol. The third-order valence-corrected chi connectivity index (χ3v) is 2.85. The van der Waals surface area contributed by atoms with E-state index in [4.69, 9.17) is 40.2 Å². The molecule has 0 radical (unpaired) electrons. The van der Waals surface area contributed by atoms with Crippen molar-refractivity contribution in [2.45, 2.75) is 0 Å². The first-order valence-corrected chi connectivity index (χ1v) is 6.03. The molecule has 5 nitrogen and oxygen atoms in total. The fourth-order valence-electron chi connectivity index (χ4n) is 0.941. The molecule has 0 spiro atoms. The van der Waals surface area contributed by atoms with E-state index in [1.807, 2.05) is 0 Å². The molecule has 0 heterocycles. The molecule has 0 saturated heterocycles. The summed E-state index contributed by atoms with van der Waals surface area (Å²) in [5, 5.41) is 3.73. The van der Waals surface area contributed by atoms with Crippen LogP contribution in [0.25, 0.3) is 0 Å². The summed E-state index contributed by atoms with van der Waals surface area (Å²) in [4.78, 5) is 11.3. The van der Waals surface area contributed by atoms with E-state index in [2.05, 4.69) is 16.2 Å². The molecule has 0 aliphatic rings. The van der Waals surface area contributed by atoms with Gasteiger partial charge < -0.3 is 10.1 Å². The van der Waals surface area contributed by atoms with E-state index in [1.165, 1.54) is 6.07 Å². The zero-order valence-corrected chi connectivity index (χ0v) is 11.7. The third kappa shape index (κ3) is 4.95. The largest absolute Gasteiger partial charge is 0.484 e. The van der Waals surface area contributed by atoms with Crippen LogP contribution in [0.5, 0.6) is 5.75 Å². The Hall–Kier alpha value is -1.24. The number of nitrogens with one attached hydrogen (secondary N) is 3. The summed E-state index contributed by atoms with van der Waals surface area (Å²) in [5.41, 5.74) is 4.84. The van der Waals surface area contributed by atoms with Crippen LogP contribution in [0.4, 0.5) is 0 Å². The second-order valence-corrected chi connectivity index (χ2v) is 4.34. The Morgan fingerprint density at radius 1 is 1.33 bits per heavy atom. The van der Waals surface area contributed by atoms with Gasteiger partial charge in [0.2, 0.25) is 0 Å². The lowest BCUT2D eigenvalue weighted by Gasteiger charge is -2.10. The summed E-state index contributed by atoms with van der Waals surface area (Å²) in [7, 11) is 1.63. The van der Waals surface area contributed by atoms with Crippen molar-refractivity contribution in [2.24, 2.45) is 0 Å². The quantitative estimate of drug-likeness (QED) is 0.583. The molecule has 0 fully saturated rings. The van der Waals surface area contributed by atoms with Crippen molar-refractivity contribution in [1.82, 2.24) is 16.2 Å². The number of ether oxygens (including phenoxy) is 1. The van der Waals surface area contributed by atoms with Gasteiger partial charge in [0.15, 0.2) is 11.7 Å². The number of benzene rings is 1. The van der Waals surface area contributed by atoms with Crippen LogP contribution in [0.3, 0.4) is 0 Å². The molecule has 0 bridgehead atoms. The van der Waals surface area contributed by atoms with Gasteiger partial charge in [-0.05, 0) is 24.4 Å². The van der Waals surface area contributed by atoms with E-state index < -0.39 is 0 Å². The first kappa shape index (κ1) is 14.8. The lowest BCUT2D eigenvalue weighted by Crippen LogP contribution is -2.47. The van der Waals surface area contributed by atoms with Gasteiger partial charge in [0, 0.05) is 13.1 Å². The maximum Gasteiger partial charge on any atom is 0.276 e. The van der Waals surface area contributed by atoms with Crippen molar-refractivity contribution in [3.63, 3.8) is 0 Å². The Balaban J connectivity index is 2.38. The highest BCUT2D eigenvalue weighted by Gasteiger charge is 2.04. The standard InChI is InChI=1S/C10H11Cl2N3O2S/c1-13-10(18)15-14-9(16)5-17-6-2-3-7(11)8(12)4-6/h2-4H,5H2,1H3,(H,14,16)(H2,13,15,18). The van der Waals surface area contributed by atoms with Gasteiger partial charge in [-0.2, -0.15) is 0 Å². The van der Waals surface area contributed by atoms with Gasteiger partial charge in [-0.3, -0.25) is 15.6 Å². The molecule has 98 valence electrons. The second-order valence-electron chi connectivity index (χ2n) is 3.12. The molecule has 0 aliphatic heterocycles. The lowest BCUT2D eigenvalue weighted by atomic mass is 10.3. The van der Waals surface area contributed by atoms with Gasteiger partial charge in [0.05, 0.1) is 10.0 Å². The van der Waals surface area contributed by atoms with Gasteiger partial charge in [-0.15, -0.1) is 0 Å². The molecular formula is C10H11Cl2N3O2S. The monoisotopic (exact) mass is 307 g/mol. The van der Waals surface area contributed by atoms with E-state index in [0.717, 1.165) is 0 Å². The molecule has 0 saturated carbocycles. The van der Waals surface area contributed by atoms with Gasteiger partial charge in [-0.1, -0.05) is 23.2 Å². The number of halogens is 2. The van der Waals surface area contributed by atoms with Crippen molar-refractivity contribution >= 4 is 46.4 Å². The molecule has 1 rings (SSSR count). The van der Waals surface area contributed by atoms with Crippen LogP contribution in [-0.2, 0) is 4.79 Å². The number of hydrogen-bond donors (Lipinski definition) is 3. The molecule has 1 amide bonds. The average molecular weight is 308 g/mol. The Kier molecular flexibility index (Phi) is 5.97. The molecule has 0 atom stereocenters. The van der Waals surface area contributed by atoms with E-state index in [9.17, 15) is 4.79 Å². The molecule has 1 aromatic carbocycles. The molecule has 1 aromatic rings. The summed E-state index contributed by atoms with van der Waals surface area (Å²) in [6, 6.07) is 4.74. The zero-order valence-electron chi connectivity index (χ0n) is 9.42. The van der Waals surface area contributed by atoms with E-state index in [0.29, 0.717) is 20.9 Å². The van der Waals surface area contributed by atoms with Crippen molar-refractivity contribution in [2.75, 3.05) is 13.7 Å². The maximum atomic E-state index is 11.3. The predicted molar refractivity (Wildman–Crippen MR) is 74.9 cm³/mol. The first-order chi connectivity index (χ1) is 8.52. The third-order valence-electron chi connectivity index (χ3n) is 1.80. The second kappa shape index (κ2) is 7.25. The average Bonchev–Trinajstić information content (AvgIpc) is 2.37. The maximum absolute atomic E-state index is 11.3. The summed E-state index contributed by atoms with van der Waals surface area (Å²) >= 11 is 16.3.